The van der Waals surface area contributed by atoms with Crippen LogP contribution in [-0.2, 0) is 9.53 Å². The molecule has 1 N–H and O–H groups in total. The second-order valence-electron chi connectivity index (χ2n) is 4.84. The Bertz CT molecular complexity index is 703. The van der Waals surface area contributed by atoms with Crippen LogP contribution in [0, 0.1) is 5.82 Å². The number of hydrogen-bond donors (Lipinski definition) is 1. The molecule has 2 aromatic rings. The van der Waals surface area contributed by atoms with Gasteiger partial charge in [0.25, 0.3) is 5.91 Å². The number of rotatable bonds is 5. The Balaban J connectivity index is 2.23. The minimum Gasteiger partial charge on any atom is -0.469 e. The van der Waals surface area contributed by atoms with Gasteiger partial charge in [0.2, 0.25) is 0 Å². The number of benzene rings is 2. The third-order valence-corrected chi connectivity index (χ3v) is 3.82. The molecule has 4 nitrogen and oxygen atoms in total. The maximum Gasteiger partial charge on any atom is 0.307 e. The predicted octanol–water partition coefficient (Wildman–Crippen LogP) is 3.62. The van der Waals surface area contributed by atoms with Gasteiger partial charge in [-0.2, -0.15) is 0 Å². The smallest absolute Gasteiger partial charge is 0.307 e. The molecule has 0 heterocycles. The lowest BCUT2D eigenvalue weighted by atomic mass is 10.0. The van der Waals surface area contributed by atoms with Crippen LogP contribution in [0.4, 0.5) is 4.39 Å². The van der Waals surface area contributed by atoms with E-state index in [2.05, 4.69) is 26.0 Å². The van der Waals surface area contributed by atoms with Gasteiger partial charge in [0.05, 0.1) is 25.1 Å². The van der Waals surface area contributed by atoms with E-state index in [1.54, 1.807) is 30.3 Å². The Hall–Kier alpha value is -2.21. The molecule has 2 aromatic carbocycles. The summed E-state index contributed by atoms with van der Waals surface area (Å²) in [5.41, 5.74) is 0.655. The number of halogens is 2. The molecule has 0 aliphatic carbocycles. The number of amides is 1. The number of esters is 1. The molecular formula is C17H15BrFNO3. The third kappa shape index (κ3) is 4.63. The van der Waals surface area contributed by atoms with Crippen molar-refractivity contribution in [2.75, 3.05) is 7.11 Å². The molecule has 1 atom stereocenters. The van der Waals surface area contributed by atoms with E-state index in [4.69, 9.17) is 0 Å². The molecule has 0 fully saturated rings. The number of carbonyl (C=O) groups excluding carboxylic acids is 2. The van der Waals surface area contributed by atoms with E-state index >= 15 is 0 Å². The molecule has 0 aliphatic rings. The van der Waals surface area contributed by atoms with E-state index in [1.807, 2.05) is 0 Å². The SMILES string of the molecule is COC(=O)C[C@H](NC(=O)c1ccccc1F)c1ccc(Br)cc1. The van der Waals surface area contributed by atoms with Crippen molar-refractivity contribution in [3.05, 3.63) is 69.9 Å². The van der Waals surface area contributed by atoms with E-state index in [0.29, 0.717) is 0 Å². The van der Waals surface area contributed by atoms with Gasteiger partial charge in [-0.15, -0.1) is 0 Å². The van der Waals surface area contributed by atoms with Gasteiger partial charge in [0, 0.05) is 4.47 Å². The molecule has 0 spiro atoms. The number of carbonyl (C=O) groups is 2. The molecule has 6 heteroatoms. The van der Waals surface area contributed by atoms with E-state index in [-0.39, 0.29) is 12.0 Å². The van der Waals surface area contributed by atoms with Gasteiger partial charge in [-0.1, -0.05) is 40.2 Å². The number of nitrogens with one attached hydrogen (secondary N) is 1. The molecule has 120 valence electrons. The van der Waals surface area contributed by atoms with Gasteiger partial charge in [0.15, 0.2) is 0 Å². The van der Waals surface area contributed by atoms with E-state index in [0.717, 1.165) is 10.0 Å². The summed E-state index contributed by atoms with van der Waals surface area (Å²) in [6.07, 6.45) is -0.0433. The fourth-order valence-electron chi connectivity index (χ4n) is 2.08. The molecule has 0 unspecified atom stereocenters. The van der Waals surface area contributed by atoms with E-state index < -0.39 is 23.7 Å². The highest BCUT2D eigenvalue weighted by Crippen LogP contribution is 2.21. The maximum absolute atomic E-state index is 13.7. The van der Waals surface area contributed by atoms with Gasteiger partial charge >= 0.3 is 5.97 Å². The standard InChI is InChI=1S/C17H15BrFNO3/c1-23-16(21)10-15(11-6-8-12(18)9-7-11)20-17(22)13-4-2-3-5-14(13)19/h2-9,15H,10H2,1H3,(H,20,22)/t15-/m0/s1. The van der Waals surface area contributed by atoms with Gasteiger partial charge < -0.3 is 10.1 Å². The normalized spacial score (nSPS) is 11.6. The molecular weight excluding hydrogens is 365 g/mol. The van der Waals surface area contributed by atoms with Crippen molar-refractivity contribution in [3.63, 3.8) is 0 Å². The van der Waals surface area contributed by atoms with Crippen LogP contribution in [-0.4, -0.2) is 19.0 Å². The highest BCUT2D eigenvalue weighted by molar-refractivity contribution is 9.10. The Morgan fingerprint density at radius 2 is 1.83 bits per heavy atom. The van der Waals surface area contributed by atoms with Crippen molar-refractivity contribution in [2.24, 2.45) is 0 Å². The Kier molecular flexibility index (Phi) is 5.87. The first-order valence-electron chi connectivity index (χ1n) is 6.89. The molecule has 0 saturated heterocycles. The average Bonchev–Trinajstić information content (AvgIpc) is 2.55. The van der Waals surface area contributed by atoms with Crippen LogP contribution in [0.1, 0.15) is 28.4 Å². The number of methoxy groups -OCH3 is 1. The summed E-state index contributed by atoms with van der Waals surface area (Å²) in [6, 6.07) is 12.2. The van der Waals surface area contributed by atoms with Crippen molar-refractivity contribution in [1.29, 1.82) is 0 Å². The van der Waals surface area contributed by atoms with Crippen LogP contribution in [0.5, 0.6) is 0 Å². The molecule has 0 radical (unpaired) electrons. The second kappa shape index (κ2) is 7.87. The average molecular weight is 380 g/mol. The highest BCUT2D eigenvalue weighted by Gasteiger charge is 2.21. The van der Waals surface area contributed by atoms with Crippen molar-refractivity contribution in [3.8, 4) is 0 Å². The van der Waals surface area contributed by atoms with Gasteiger partial charge in [-0.05, 0) is 29.8 Å². The minimum atomic E-state index is -0.613. The first-order chi connectivity index (χ1) is 11.0. The lowest BCUT2D eigenvalue weighted by Gasteiger charge is -2.18. The topological polar surface area (TPSA) is 55.4 Å². The summed E-state index contributed by atoms with van der Waals surface area (Å²) >= 11 is 3.33. The van der Waals surface area contributed by atoms with Crippen LogP contribution in [0.15, 0.2) is 53.0 Å². The first-order valence-corrected chi connectivity index (χ1v) is 7.68. The van der Waals surface area contributed by atoms with Crippen LogP contribution >= 0.6 is 15.9 Å². The summed E-state index contributed by atoms with van der Waals surface area (Å²) in [4.78, 5) is 23.9. The fraction of sp³-hybridized carbons (Fsp3) is 0.176. The highest BCUT2D eigenvalue weighted by atomic mass is 79.9. The van der Waals surface area contributed by atoms with E-state index in [9.17, 15) is 14.0 Å². The predicted molar refractivity (Wildman–Crippen MR) is 87.4 cm³/mol. The minimum absolute atomic E-state index is 0.0433. The number of hydrogen-bond acceptors (Lipinski definition) is 3. The lowest BCUT2D eigenvalue weighted by Crippen LogP contribution is -2.31. The second-order valence-corrected chi connectivity index (χ2v) is 5.75. The summed E-state index contributed by atoms with van der Waals surface area (Å²) in [5.74, 6) is -1.66. The Morgan fingerprint density at radius 1 is 1.17 bits per heavy atom. The first kappa shape index (κ1) is 17.1. The van der Waals surface area contributed by atoms with Crippen LogP contribution < -0.4 is 5.32 Å². The van der Waals surface area contributed by atoms with Gasteiger partial charge in [-0.25, -0.2) is 4.39 Å². The zero-order valence-corrected chi connectivity index (χ0v) is 14.0. The lowest BCUT2D eigenvalue weighted by molar-refractivity contribution is -0.141. The molecule has 23 heavy (non-hydrogen) atoms. The zero-order chi connectivity index (χ0) is 16.8. The van der Waals surface area contributed by atoms with Crippen molar-refractivity contribution >= 4 is 27.8 Å². The molecule has 0 bridgehead atoms. The number of ether oxygens (including phenoxy) is 1. The molecule has 1 amide bonds. The summed E-state index contributed by atoms with van der Waals surface area (Å²) in [7, 11) is 1.28. The molecule has 0 saturated carbocycles. The zero-order valence-electron chi connectivity index (χ0n) is 12.4. The van der Waals surface area contributed by atoms with Crippen LogP contribution in [0.25, 0.3) is 0 Å². The summed E-state index contributed by atoms with van der Waals surface area (Å²) in [6.45, 7) is 0. The van der Waals surface area contributed by atoms with Crippen LogP contribution in [0.2, 0.25) is 0 Å². The molecule has 0 aromatic heterocycles. The summed E-state index contributed by atoms with van der Waals surface area (Å²) < 4.78 is 19.3. The van der Waals surface area contributed by atoms with Gasteiger partial charge in [0.1, 0.15) is 5.82 Å². The van der Waals surface area contributed by atoms with Gasteiger partial charge in [-0.3, -0.25) is 9.59 Å². The largest absolute Gasteiger partial charge is 0.469 e. The fourth-order valence-corrected chi connectivity index (χ4v) is 2.34. The summed E-state index contributed by atoms with van der Waals surface area (Å²) in [5, 5.41) is 2.68. The molecule has 0 aliphatic heterocycles. The van der Waals surface area contributed by atoms with Crippen molar-refractivity contribution in [1.82, 2.24) is 5.32 Å². The van der Waals surface area contributed by atoms with Crippen LogP contribution in [0.3, 0.4) is 0 Å². The quantitative estimate of drug-likeness (QED) is 0.807. The monoisotopic (exact) mass is 379 g/mol. The Morgan fingerprint density at radius 3 is 2.43 bits per heavy atom. The maximum atomic E-state index is 13.7. The third-order valence-electron chi connectivity index (χ3n) is 3.29. The van der Waals surface area contributed by atoms with E-state index in [1.165, 1.54) is 25.3 Å². The molecule has 2 rings (SSSR count). The van der Waals surface area contributed by atoms with Crippen molar-refractivity contribution in [2.45, 2.75) is 12.5 Å². The Labute approximate surface area is 141 Å². The van der Waals surface area contributed by atoms with Crippen molar-refractivity contribution < 1.29 is 18.7 Å².